The number of nitrogens with two attached hydrogens (primary N) is 1. The fraction of sp³-hybridized carbons (Fsp3) is 0.429. The van der Waals surface area contributed by atoms with Crippen molar-refractivity contribution in [1.29, 1.82) is 0 Å². The van der Waals surface area contributed by atoms with Gasteiger partial charge in [0.15, 0.2) is 5.82 Å². The van der Waals surface area contributed by atoms with Crippen molar-refractivity contribution in [1.82, 2.24) is 14.5 Å². The van der Waals surface area contributed by atoms with Gasteiger partial charge in [0.2, 0.25) is 0 Å². The van der Waals surface area contributed by atoms with Crippen molar-refractivity contribution in [2.24, 2.45) is 0 Å². The van der Waals surface area contributed by atoms with Crippen LogP contribution < -0.4 is 5.73 Å². The molecule has 0 radical (unpaired) electrons. The van der Waals surface area contributed by atoms with Gasteiger partial charge in [-0.25, -0.2) is 18.7 Å². The molecule has 0 aliphatic carbocycles. The number of aromatic nitrogens is 3. The Hall–Kier alpha value is -2.19. The minimum Gasteiger partial charge on any atom is -0.382 e. The van der Waals surface area contributed by atoms with Gasteiger partial charge >= 0.3 is 0 Å². The number of methoxy groups -OCH3 is 1. The molecule has 1 aromatic carbocycles. The molecule has 0 aliphatic heterocycles. The van der Waals surface area contributed by atoms with Crippen LogP contribution in [-0.2, 0) is 11.3 Å². The van der Waals surface area contributed by atoms with E-state index in [-0.39, 0.29) is 6.10 Å². The number of halogens is 2. The molecule has 156 valence electrons. The van der Waals surface area contributed by atoms with E-state index in [2.05, 4.69) is 14.5 Å². The summed E-state index contributed by atoms with van der Waals surface area (Å²) in [6, 6.07) is 3.71. The zero-order valence-electron chi connectivity index (χ0n) is 16.9. The first kappa shape index (κ1) is 21.5. The molecule has 29 heavy (non-hydrogen) atoms. The van der Waals surface area contributed by atoms with E-state index < -0.39 is 11.6 Å². The molecular formula is C21H26F2N4OS. The van der Waals surface area contributed by atoms with E-state index >= 15 is 0 Å². The molecule has 0 fully saturated rings. The molecule has 0 amide bonds. The minimum absolute atomic E-state index is 0.154. The van der Waals surface area contributed by atoms with Crippen LogP contribution in [0.5, 0.6) is 0 Å². The van der Waals surface area contributed by atoms with E-state index in [4.69, 9.17) is 10.5 Å². The first-order valence-corrected chi connectivity index (χ1v) is 10.6. The zero-order valence-corrected chi connectivity index (χ0v) is 17.7. The fourth-order valence-corrected chi connectivity index (χ4v) is 4.23. The predicted molar refractivity (Wildman–Crippen MR) is 113 cm³/mol. The number of aryl methyl sites for hydroxylation is 2. The number of nitrogens with zero attached hydrogens (tertiary/aromatic N) is 3. The molecular weight excluding hydrogens is 394 g/mol. The summed E-state index contributed by atoms with van der Waals surface area (Å²) in [7, 11) is 1.66. The Bertz CT molecular complexity index is 992. The number of fused-ring (bicyclic) bond motifs is 1. The molecule has 0 spiro atoms. The van der Waals surface area contributed by atoms with E-state index in [1.807, 2.05) is 13.8 Å². The van der Waals surface area contributed by atoms with Crippen molar-refractivity contribution in [3.63, 3.8) is 0 Å². The molecule has 2 N–H and O–H groups in total. The maximum Gasteiger partial charge on any atom is 0.151 e. The summed E-state index contributed by atoms with van der Waals surface area (Å²) in [5.41, 5.74) is 8.78. The third-order valence-electron chi connectivity index (χ3n) is 4.91. The van der Waals surface area contributed by atoms with Gasteiger partial charge in [0.05, 0.1) is 5.52 Å². The Morgan fingerprint density at radius 3 is 2.76 bits per heavy atom. The number of anilines is 1. The van der Waals surface area contributed by atoms with Crippen LogP contribution in [0.2, 0.25) is 0 Å². The molecule has 8 heteroatoms. The van der Waals surface area contributed by atoms with Crippen LogP contribution in [0.4, 0.5) is 14.6 Å². The molecule has 0 aliphatic rings. The Labute approximate surface area is 173 Å². The summed E-state index contributed by atoms with van der Waals surface area (Å²) in [5, 5.41) is 0. The molecule has 2 aromatic heterocycles. The molecule has 0 saturated carbocycles. The Morgan fingerprint density at radius 2 is 2.03 bits per heavy atom. The van der Waals surface area contributed by atoms with Crippen molar-refractivity contribution in [3.05, 3.63) is 47.4 Å². The maximum atomic E-state index is 13.7. The van der Waals surface area contributed by atoms with Gasteiger partial charge in [-0.1, -0.05) is 6.42 Å². The van der Waals surface area contributed by atoms with E-state index in [0.29, 0.717) is 16.2 Å². The van der Waals surface area contributed by atoms with Gasteiger partial charge in [-0.15, -0.1) is 11.8 Å². The maximum absolute atomic E-state index is 13.7. The highest BCUT2D eigenvalue weighted by molar-refractivity contribution is 7.99. The van der Waals surface area contributed by atoms with Crippen LogP contribution >= 0.6 is 11.8 Å². The number of pyridine rings is 1. The van der Waals surface area contributed by atoms with E-state index in [0.717, 1.165) is 54.5 Å². The first-order chi connectivity index (χ1) is 13.9. The SMILES string of the molecule is COC(C)c1nc2c(N)ncc(C)c2n1CCCCCSc1ccc(F)cc1F. The lowest BCUT2D eigenvalue weighted by Crippen LogP contribution is -2.09. The highest BCUT2D eigenvalue weighted by Crippen LogP contribution is 2.28. The van der Waals surface area contributed by atoms with Crippen LogP contribution in [0.3, 0.4) is 0 Å². The van der Waals surface area contributed by atoms with E-state index in [1.54, 1.807) is 13.3 Å². The van der Waals surface area contributed by atoms with Gasteiger partial charge in [-0.05, 0) is 50.1 Å². The fourth-order valence-electron chi connectivity index (χ4n) is 3.30. The molecule has 5 nitrogen and oxygen atoms in total. The molecule has 0 bridgehead atoms. The monoisotopic (exact) mass is 420 g/mol. The van der Waals surface area contributed by atoms with Gasteiger partial charge in [0, 0.05) is 30.8 Å². The Kier molecular flexibility index (Phi) is 7.08. The van der Waals surface area contributed by atoms with Crippen molar-refractivity contribution < 1.29 is 13.5 Å². The third-order valence-corrected chi connectivity index (χ3v) is 6.04. The molecule has 1 atom stereocenters. The lowest BCUT2D eigenvalue weighted by Gasteiger charge is -2.14. The summed E-state index contributed by atoms with van der Waals surface area (Å²) >= 11 is 1.42. The quantitative estimate of drug-likeness (QED) is 0.377. The van der Waals surface area contributed by atoms with Gasteiger partial charge in [-0.3, -0.25) is 0 Å². The highest BCUT2D eigenvalue weighted by Gasteiger charge is 2.19. The number of unbranched alkanes of at least 4 members (excludes halogenated alkanes) is 2. The first-order valence-electron chi connectivity index (χ1n) is 9.64. The van der Waals surface area contributed by atoms with Crippen molar-refractivity contribution in [2.45, 2.75) is 50.7 Å². The summed E-state index contributed by atoms with van der Waals surface area (Å²) in [5.74, 6) is 0.996. The topological polar surface area (TPSA) is 66.0 Å². The van der Waals surface area contributed by atoms with Crippen LogP contribution in [-0.4, -0.2) is 27.4 Å². The number of rotatable bonds is 9. The number of ether oxygens (including phenoxy) is 1. The minimum atomic E-state index is -0.549. The van der Waals surface area contributed by atoms with Crippen LogP contribution in [0.15, 0.2) is 29.3 Å². The Balaban J connectivity index is 1.62. The predicted octanol–water partition coefficient (Wildman–Crippen LogP) is 5.27. The van der Waals surface area contributed by atoms with Crippen molar-refractivity contribution in [3.8, 4) is 0 Å². The number of benzene rings is 1. The average Bonchev–Trinajstić information content (AvgIpc) is 3.09. The highest BCUT2D eigenvalue weighted by atomic mass is 32.2. The van der Waals surface area contributed by atoms with Gasteiger partial charge in [0.1, 0.15) is 29.1 Å². The number of imidazole rings is 1. The molecule has 3 aromatic rings. The largest absolute Gasteiger partial charge is 0.382 e. The van der Waals surface area contributed by atoms with Gasteiger partial charge in [-0.2, -0.15) is 0 Å². The number of hydrogen-bond donors (Lipinski definition) is 1. The van der Waals surface area contributed by atoms with E-state index in [9.17, 15) is 8.78 Å². The van der Waals surface area contributed by atoms with Crippen LogP contribution in [0.1, 0.15) is 43.7 Å². The number of thioether (sulfide) groups is 1. The molecule has 3 rings (SSSR count). The summed E-state index contributed by atoms with van der Waals surface area (Å²) in [6.07, 6.45) is 4.48. The zero-order chi connectivity index (χ0) is 21.0. The number of nitrogen functional groups attached to an aromatic ring is 1. The summed E-state index contributed by atoms with van der Waals surface area (Å²) in [6.45, 7) is 4.76. The van der Waals surface area contributed by atoms with Gasteiger partial charge in [0.25, 0.3) is 0 Å². The van der Waals surface area contributed by atoms with Crippen molar-refractivity contribution in [2.75, 3.05) is 18.6 Å². The second-order valence-electron chi connectivity index (χ2n) is 7.01. The summed E-state index contributed by atoms with van der Waals surface area (Å²) in [4.78, 5) is 9.39. The van der Waals surface area contributed by atoms with Gasteiger partial charge < -0.3 is 15.0 Å². The molecule has 2 heterocycles. The molecule has 1 unspecified atom stereocenters. The van der Waals surface area contributed by atoms with Crippen LogP contribution in [0, 0.1) is 18.6 Å². The lowest BCUT2D eigenvalue weighted by atomic mass is 10.2. The lowest BCUT2D eigenvalue weighted by molar-refractivity contribution is 0.109. The third kappa shape index (κ3) is 4.87. The average molecular weight is 421 g/mol. The Morgan fingerprint density at radius 1 is 1.24 bits per heavy atom. The normalized spacial score (nSPS) is 12.6. The second-order valence-corrected chi connectivity index (χ2v) is 8.14. The number of hydrogen-bond acceptors (Lipinski definition) is 5. The van der Waals surface area contributed by atoms with Crippen LogP contribution in [0.25, 0.3) is 11.0 Å². The summed E-state index contributed by atoms with van der Waals surface area (Å²) < 4.78 is 34.3. The second kappa shape index (κ2) is 9.54. The smallest absolute Gasteiger partial charge is 0.151 e. The molecule has 0 saturated heterocycles. The standard InChI is InChI=1S/C21H26F2N4OS/c1-13-12-25-20(24)18-19(13)27(21(26-18)14(2)28-3)9-5-4-6-10-29-17-8-7-15(22)11-16(17)23/h7-8,11-12,14H,4-6,9-10H2,1-3H3,(H2,24,25). The van der Waals surface area contributed by atoms with E-state index in [1.165, 1.54) is 23.9 Å². The van der Waals surface area contributed by atoms with Crippen molar-refractivity contribution >= 4 is 28.6 Å².